The number of hydrogen-bond acceptors (Lipinski definition) is 5. The van der Waals surface area contributed by atoms with Crippen molar-refractivity contribution in [2.45, 2.75) is 6.92 Å². The largest absolute Gasteiger partial charge is 0.378 e. The third-order valence-corrected chi connectivity index (χ3v) is 2.11. The summed E-state index contributed by atoms with van der Waals surface area (Å²) in [7, 11) is 0. The lowest BCUT2D eigenvalue weighted by molar-refractivity contribution is 1.08. The topological polar surface area (TPSA) is 64.2 Å². The first-order valence-corrected chi connectivity index (χ1v) is 4.92. The monoisotopic (exact) mass is 188 g/mol. The summed E-state index contributed by atoms with van der Waals surface area (Å²) in [6, 6.07) is 0. The van der Waals surface area contributed by atoms with Crippen molar-refractivity contribution in [2.24, 2.45) is 10.7 Å². The summed E-state index contributed by atoms with van der Waals surface area (Å²) in [6.45, 7) is 2.02. The molecule has 4 nitrogen and oxygen atoms in total. The Morgan fingerprint density at radius 1 is 1.91 bits per heavy atom. The molecule has 0 aliphatic rings. The van der Waals surface area contributed by atoms with Crippen LogP contribution >= 0.6 is 23.1 Å². The summed E-state index contributed by atoms with van der Waals surface area (Å²) in [4.78, 5) is 4.01. The molecule has 1 rings (SSSR count). The Morgan fingerprint density at radius 3 is 3.27 bits per heavy atom. The number of aromatic nitrogens is 2. The minimum absolute atomic E-state index is 0.546. The molecular formula is C5H8N4S2. The Balaban J connectivity index is 2.58. The molecule has 1 aromatic rings. The second kappa shape index (κ2) is 4.30. The zero-order valence-electron chi connectivity index (χ0n) is 6.02. The lowest BCUT2D eigenvalue weighted by Crippen LogP contribution is -2.05. The Hall–Kier alpha value is -0.620. The second-order valence-corrected chi connectivity index (χ2v) is 3.70. The Bertz CT molecular complexity index is 231. The fourth-order valence-corrected chi connectivity index (χ4v) is 1.43. The van der Waals surface area contributed by atoms with Gasteiger partial charge in [-0.3, -0.25) is 0 Å². The van der Waals surface area contributed by atoms with Crippen LogP contribution in [0.4, 0.5) is 5.13 Å². The van der Waals surface area contributed by atoms with Crippen LogP contribution in [0.25, 0.3) is 0 Å². The van der Waals surface area contributed by atoms with Crippen LogP contribution in [0.1, 0.15) is 6.92 Å². The molecule has 0 saturated carbocycles. The van der Waals surface area contributed by atoms with Gasteiger partial charge in [-0.2, -0.15) is 4.99 Å². The van der Waals surface area contributed by atoms with Crippen molar-refractivity contribution in [1.82, 2.24) is 10.2 Å². The van der Waals surface area contributed by atoms with Gasteiger partial charge in [0.1, 0.15) is 5.51 Å². The van der Waals surface area contributed by atoms with Gasteiger partial charge in [-0.25, -0.2) is 0 Å². The van der Waals surface area contributed by atoms with E-state index in [9.17, 15) is 0 Å². The molecule has 0 aliphatic carbocycles. The van der Waals surface area contributed by atoms with E-state index in [4.69, 9.17) is 5.73 Å². The maximum atomic E-state index is 5.53. The van der Waals surface area contributed by atoms with Crippen LogP contribution in [0.5, 0.6) is 0 Å². The van der Waals surface area contributed by atoms with Crippen LogP contribution in [0, 0.1) is 0 Å². The normalized spacial score (nSPS) is 11.9. The first kappa shape index (κ1) is 8.48. The molecule has 0 fully saturated rings. The highest BCUT2D eigenvalue weighted by Crippen LogP contribution is 2.14. The minimum atomic E-state index is 0.546. The van der Waals surface area contributed by atoms with Crippen molar-refractivity contribution >= 4 is 33.4 Å². The Kier molecular flexibility index (Phi) is 3.31. The van der Waals surface area contributed by atoms with Gasteiger partial charge in [0, 0.05) is 0 Å². The predicted molar refractivity (Wildman–Crippen MR) is 49.3 cm³/mol. The summed E-state index contributed by atoms with van der Waals surface area (Å²) in [5, 5.41) is 8.52. The van der Waals surface area contributed by atoms with Crippen molar-refractivity contribution in [3.8, 4) is 0 Å². The van der Waals surface area contributed by atoms with Crippen LogP contribution in [0.2, 0.25) is 0 Å². The molecule has 0 amide bonds. The number of aliphatic imine (C=N–C) groups is 1. The number of amidine groups is 1. The molecule has 60 valence electrons. The number of hydrogen-bond donors (Lipinski definition) is 1. The fourth-order valence-electron chi connectivity index (χ4n) is 0.490. The second-order valence-electron chi connectivity index (χ2n) is 1.60. The molecule has 11 heavy (non-hydrogen) atoms. The van der Waals surface area contributed by atoms with Crippen molar-refractivity contribution in [3.05, 3.63) is 5.51 Å². The molecule has 6 heteroatoms. The predicted octanol–water partition coefficient (Wildman–Crippen LogP) is 1.24. The van der Waals surface area contributed by atoms with Gasteiger partial charge in [-0.15, -0.1) is 10.2 Å². The summed E-state index contributed by atoms with van der Waals surface area (Å²) in [6.07, 6.45) is 0. The van der Waals surface area contributed by atoms with E-state index in [1.807, 2.05) is 6.92 Å². The zero-order chi connectivity index (χ0) is 8.10. The highest BCUT2D eigenvalue weighted by Gasteiger charge is 1.94. The van der Waals surface area contributed by atoms with Gasteiger partial charge in [0.05, 0.1) is 0 Å². The first-order valence-electron chi connectivity index (χ1n) is 3.06. The van der Waals surface area contributed by atoms with Crippen LogP contribution in [0.15, 0.2) is 10.5 Å². The molecule has 0 unspecified atom stereocenters. The third kappa shape index (κ3) is 2.85. The molecule has 0 aliphatic heterocycles. The average Bonchev–Trinajstić information content (AvgIpc) is 2.40. The van der Waals surface area contributed by atoms with Crippen molar-refractivity contribution in [2.75, 3.05) is 5.75 Å². The van der Waals surface area contributed by atoms with E-state index in [-0.39, 0.29) is 0 Å². The molecule has 1 aromatic heterocycles. The smallest absolute Gasteiger partial charge is 0.233 e. The Morgan fingerprint density at radius 2 is 2.73 bits per heavy atom. The Labute approximate surface area is 72.9 Å². The highest BCUT2D eigenvalue weighted by molar-refractivity contribution is 8.13. The average molecular weight is 188 g/mol. The molecule has 0 saturated heterocycles. The number of nitrogens with two attached hydrogens (primary N) is 1. The molecule has 0 atom stereocenters. The zero-order valence-corrected chi connectivity index (χ0v) is 7.65. The SMILES string of the molecule is CCS/C(N)=N/c1nncs1. The van der Waals surface area contributed by atoms with Crippen LogP contribution in [-0.4, -0.2) is 21.1 Å². The molecule has 0 radical (unpaired) electrons. The van der Waals surface area contributed by atoms with Gasteiger partial charge in [-0.05, 0) is 5.75 Å². The lowest BCUT2D eigenvalue weighted by Gasteiger charge is -1.92. The quantitative estimate of drug-likeness (QED) is 0.560. The maximum absolute atomic E-state index is 5.53. The minimum Gasteiger partial charge on any atom is -0.378 e. The molecule has 1 heterocycles. The first-order chi connectivity index (χ1) is 5.33. The lowest BCUT2D eigenvalue weighted by atomic mass is 11.0. The van der Waals surface area contributed by atoms with Gasteiger partial charge in [0.25, 0.3) is 0 Å². The van der Waals surface area contributed by atoms with Gasteiger partial charge in [0.15, 0.2) is 5.17 Å². The van der Waals surface area contributed by atoms with Crippen molar-refractivity contribution < 1.29 is 0 Å². The summed E-state index contributed by atoms with van der Waals surface area (Å²) in [5.41, 5.74) is 7.15. The molecule has 0 bridgehead atoms. The molecule has 0 spiro atoms. The summed E-state index contributed by atoms with van der Waals surface area (Å²) in [5.74, 6) is 0.925. The van der Waals surface area contributed by atoms with Gasteiger partial charge in [-0.1, -0.05) is 30.0 Å². The van der Waals surface area contributed by atoms with Crippen molar-refractivity contribution in [1.29, 1.82) is 0 Å². The van der Waals surface area contributed by atoms with E-state index in [0.717, 1.165) is 5.75 Å². The van der Waals surface area contributed by atoms with E-state index in [1.165, 1.54) is 23.1 Å². The summed E-state index contributed by atoms with van der Waals surface area (Å²) < 4.78 is 0. The molecule has 2 N–H and O–H groups in total. The third-order valence-electron chi connectivity index (χ3n) is 0.847. The van der Waals surface area contributed by atoms with Crippen LogP contribution in [0.3, 0.4) is 0 Å². The number of rotatable bonds is 2. The van der Waals surface area contributed by atoms with Gasteiger partial charge >= 0.3 is 0 Å². The molecule has 0 aromatic carbocycles. The van der Waals surface area contributed by atoms with E-state index in [0.29, 0.717) is 10.3 Å². The molecular weight excluding hydrogens is 180 g/mol. The number of nitrogens with zero attached hydrogens (tertiary/aromatic N) is 3. The summed E-state index contributed by atoms with van der Waals surface area (Å²) >= 11 is 2.87. The fraction of sp³-hybridized carbons (Fsp3) is 0.400. The maximum Gasteiger partial charge on any atom is 0.233 e. The van der Waals surface area contributed by atoms with Gasteiger partial charge < -0.3 is 5.73 Å². The standard InChI is InChI=1S/C5H8N4S2/c1-2-10-4(6)8-5-9-7-3-11-5/h3H,2H2,1H3,(H2,6,8,9). The van der Waals surface area contributed by atoms with E-state index < -0.39 is 0 Å². The van der Waals surface area contributed by atoms with Crippen LogP contribution < -0.4 is 5.73 Å². The van der Waals surface area contributed by atoms with Crippen molar-refractivity contribution in [3.63, 3.8) is 0 Å². The van der Waals surface area contributed by atoms with E-state index in [1.54, 1.807) is 5.51 Å². The number of thioether (sulfide) groups is 1. The van der Waals surface area contributed by atoms with Gasteiger partial charge in [0.2, 0.25) is 5.13 Å². The highest BCUT2D eigenvalue weighted by atomic mass is 32.2. The van der Waals surface area contributed by atoms with E-state index >= 15 is 0 Å². The van der Waals surface area contributed by atoms with Crippen LogP contribution in [-0.2, 0) is 0 Å². The van der Waals surface area contributed by atoms with E-state index in [2.05, 4.69) is 15.2 Å².